The zero-order valence-electron chi connectivity index (χ0n) is 9.93. The van der Waals surface area contributed by atoms with Crippen LogP contribution >= 0.6 is 11.3 Å². The Bertz CT molecular complexity index is 674. The Kier molecular flexibility index (Phi) is 3.76. The summed E-state index contributed by atoms with van der Waals surface area (Å²) in [5.41, 5.74) is -0.0966. The maximum Gasteiger partial charge on any atom is 0.350 e. The Balaban J connectivity index is 2.25. The van der Waals surface area contributed by atoms with Crippen LogP contribution in [0, 0.1) is 0 Å². The van der Waals surface area contributed by atoms with Crippen LogP contribution in [0.4, 0.5) is 5.69 Å². The van der Waals surface area contributed by atoms with E-state index in [1.165, 1.54) is 25.6 Å². The van der Waals surface area contributed by atoms with Gasteiger partial charge in [-0.2, -0.15) is 0 Å². The summed E-state index contributed by atoms with van der Waals surface area (Å²) in [6, 6.07) is 2.83. The summed E-state index contributed by atoms with van der Waals surface area (Å²) in [5, 5.41) is 4.16. The highest BCUT2D eigenvalue weighted by Gasteiger charge is 2.17. The Morgan fingerprint density at radius 3 is 2.84 bits per heavy atom. The molecule has 0 bridgehead atoms. The Morgan fingerprint density at radius 1 is 1.37 bits per heavy atom. The molecule has 0 saturated carbocycles. The Morgan fingerprint density at radius 2 is 2.16 bits per heavy atom. The molecule has 2 aromatic rings. The first-order valence-electron chi connectivity index (χ1n) is 5.27. The van der Waals surface area contributed by atoms with E-state index in [0.29, 0.717) is 5.69 Å². The molecule has 0 unspecified atom stereocenters. The molecule has 0 atom stereocenters. The molecule has 2 heterocycles. The van der Waals surface area contributed by atoms with Crippen molar-refractivity contribution in [3.05, 3.63) is 50.6 Å². The van der Waals surface area contributed by atoms with Crippen LogP contribution in [0.1, 0.15) is 20.0 Å². The molecule has 0 aliphatic carbocycles. The molecule has 2 N–H and O–H groups in total. The standard InChI is InChI=1S/C12H10N2O4S/c1-18-12(17)10-8(3-5-19-10)14-11(16)7-6-13-4-2-9(7)15/h2-6H,1H3,(H,13,15)(H,14,16). The number of pyridine rings is 1. The average Bonchev–Trinajstić information content (AvgIpc) is 2.86. The molecule has 0 fully saturated rings. The number of ether oxygens (including phenoxy) is 1. The van der Waals surface area contributed by atoms with Crippen molar-refractivity contribution in [1.82, 2.24) is 4.98 Å². The van der Waals surface area contributed by atoms with Crippen LogP contribution in [0.25, 0.3) is 0 Å². The molecule has 0 radical (unpaired) electrons. The molecule has 7 heteroatoms. The van der Waals surface area contributed by atoms with Gasteiger partial charge in [0.25, 0.3) is 5.91 Å². The lowest BCUT2D eigenvalue weighted by molar-refractivity contribution is 0.0607. The normalized spacial score (nSPS) is 9.95. The Labute approximate surface area is 112 Å². The van der Waals surface area contributed by atoms with E-state index in [0.717, 1.165) is 11.3 Å². The van der Waals surface area contributed by atoms with Crippen molar-refractivity contribution in [2.75, 3.05) is 12.4 Å². The van der Waals surface area contributed by atoms with Crippen LogP contribution in [0.5, 0.6) is 0 Å². The van der Waals surface area contributed by atoms with Crippen LogP contribution in [0.2, 0.25) is 0 Å². The Hall–Kier alpha value is -2.41. The predicted molar refractivity (Wildman–Crippen MR) is 70.7 cm³/mol. The number of aromatic amines is 1. The van der Waals surface area contributed by atoms with Gasteiger partial charge in [0.1, 0.15) is 10.4 Å². The molecular formula is C12H10N2O4S. The predicted octanol–water partition coefficient (Wildman–Crippen LogP) is 1.48. The molecule has 0 aromatic carbocycles. The van der Waals surface area contributed by atoms with Crippen molar-refractivity contribution in [3.8, 4) is 0 Å². The zero-order chi connectivity index (χ0) is 13.8. The lowest BCUT2D eigenvalue weighted by atomic mass is 10.2. The number of rotatable bonds is 3. The topological polar surface area (TPSA) is 88.3 Å². The van der Waals surface area contributed by atoms with Gasteiger partial charge >= 0.3 is 5.97 Å². The van der Waals surface area contributed by atoms with Crippen molar-refractivity contribution in [1.29, 1.82) is 0 Å². The first-order chi connectivity index (χ1) is 9.13. The summed E-state index contributed by atoms with van der Waals surface area (Å²) in [7, 11) is 1.26. The van der Waals surface area contributed by atoms with Gasteiger partial charge in [0.05, 0.1) is 12.8 Å². The SMILES string of the molecule is COC(=O)c1sccc1NC(=O)c1c[nH]ccc1=O. The second kappa shape index (κ2) is 5.49. The molecule has 2 rings (SSSR count). The van der Waals surface area contributed by atoms with Crippen molar-refractivity contribution in [2.45, 2.75) is 0 Å². The minimum Gasteiger partial charge on any atom is -0.465 e. The second-order valence-electron chi connectivity index (χ2n) is 3.53. The summed E-state index contributed by atoms with van der Waals surface area (Å²) >= 11 is 1.15. The molecular weight excluding hydrogens is 268 g/mol. The molecule has 0 spiro atoms. The monoisotopic (exact) mass is 278 g/mol. The number of H-pyrrole nitrogens is 1. The lowest BCUT2D eigenvalue weighted by Gasteiger charge is -2.04. The average molecular weight is 278 g/mol. The first-order valence-corrected chi connectivity index (χ1v) is 6.15. The number of aromatic nitrogens is 1. The fraction of sp³-hybridized carbons (Fsp3) is 0.0833. The van der Waals surface area contributed by atoms with E-state index in [2.05, 4.69) is 15.0 Å². The van der Waals surface area contributed by atoms with Crippen molar-refractivity contribution >= 4 is 28.9 Å². The van der Waals surface area contributed by atoms with Crippen LogP contribution in [-0.2, 0) is 4.74 Å². The van der Waals surface area contributed by atoms with Gasteiger partial charge in [-0.25, -0.2) is 4.79 Å². The fourth-order valence-corrected chi connectivity index (χ4v) is 2.21. The number of hydrogen-bond acceptors (Lipinski definition) is 5. The number of hydrogen-bond donors (Lipinski definition) is 2. The quantitative estimate of drug-likeness (QED) is 0.832. The summed E-state index contributed by atoms with van der Waals surface area (Å²) in [4.78, 5) is 37.8. The summed E-state index contributed by atoms with van der Waals surface area (Å²) in [6.07, 6.45) is 2.74. The molecule has 19 heavy (non-hydrogen) atoms. The van der Waals surface area contributed by atoms with Gasteiger partial charge < -0.3 is 15.0 Å². The van der Waals surface area contributed by atoms with Gasteiger partial charge in [0, 0.05) is 18.5 Å². The molecule has 6 nitrogen and oxygen atoms in total. The van der Waals surface area contributed by atoms with Gasteiger partial charge in [0.15, 0.2) is 5.43 Å². The first kappa shape index (κ1) is 13.0. The third kappa shape index (κ3) is 2.71. The maximum atomic E-state index is 11.9. The van der Waals surface area contributed by atoms with Gasteiger partial charge in [-0.3, -0.25) is 9.59 Å². The molecule has 0 saturated heterocycles. The lowest BCUT2D eigenvalue weighted by Crippen LogP contribution is -2.21. The third-order valence-corrected chi connectivity index (χ3v) is 3.25. The summed E-state index contributed by atoms with van der Waals surface area (Å²) < 4.78 is 4.60. The number of esters is 1. The fourth-order valence-electron chi connectivity index (χ4n) is 1.44. The van der Waals surface area contributed by atoms with Crippen LogP contribution < -0.4 is 10.7 Å². The zero-order valence-corrected chi connectivity index (χ0v) is 10.7. The van der Waals surface area contributed by atoms with Crippen LogP contribution in [0.15, 0.2) is 34.7 Å². The van der Waals surface area contributed by atoms with Gasteiger partial charge in [-0.15, -0.1) is 11.3 Å². The number of thiophene rings is 1. The number of methoxy groups -OCH3 is 1. The number of amides is 1. The third-order valence-electron chi connectivity index (χ3n) is 2.35. The van der Waals surface area contributed by atoms with Crippen molar-refractivity contribution in [3.63, 3.8) is 0 Å². The molecule has 2 aromatic heterocycles. The van der Waals surface area contributed by atoms with E-state index >= 15 is 0 Å². The number of anilines is 1. The van der Waals surface area contributed by atoms with E-state index in [1.54, 1.807) is 11.4 Å². The van der Waals surface area contributed by atoms with Gasteiger partial charge in [0.2, 0.25) is 0 Å². The summed E-state index contributed by atoms with van der Waals surface area (Å²) in [6.45, 7) is 0. The number of carbonyl (C=O) groups excluding carboxylic acids is 2. The largest absolute Gasteiger partial charge is 0.465 e. The summed E-state index contributed by atoms with van der Waals surface area (Å²) in [5.74, 6) is -1.11. The second-order valence-corrected chi connectivity index (χ2v) is 4.45. The van der Waals surface area contributed by atoms with E-state index in [-0.39, 0.29) is 10.4 Å². The van der Waals surface area contributed by atoms with Crippen molar-refractivity contribution in [2.24, 2.45) is 0 Å². The van der Waals surface area contributed by atoms with Crippen molar-refractivity contribution < 1.29 is 14.3 Å². The highest BCUT2D eigenvalue weighted by Crippen LogP contribution is 2.23. The van der Waals surface area contributed by atoms with Crippen LogP contribution in [-0.4, -0.2) is 24.0 Å². The van der Waals surface area contributed by atoms with Gasteiger partial charge in [-0.1, -0.05) is 0 Å². The molecule has 1 amide bonds. The van der Waals surface area contributed by atoms with E-state index in [9.17, 15) is 14.4 Å². The van der Waals surface area contributed by atoms with E-state index in [1.807, 2.05) is 0 Å². The number of carbonyl (C=O) groups is 2. The smallest absolute Gasteiger partial charge is 0.350 e. The number of nitrogens with one attached hydrogen (secondary N) is 2. The molecule has 0 aliphatic heterocycles. The minimum atomic E-state index is -0.578. The van der Waals surface area contributed by atoms with E-state index in [4.69, 9.17) is 0 Å². The maximum absolute atomic E-state index is 11.9. The molecule has 98 valence electrons. The minimum absolute atomic E-state index is 0.0236. The highest BCUT2D eigenvalue weighted by atomic mass is 32.1. The molecule has 0 aliphatic rings. The van der Waals surface area contributed by atoms with Crippen LogP contribution in [0.3, 0.4) is 0 Å². The van der Waals surface area contributed by atoms with E-state index < -0.39 is 17.3 Å². The van der Waals surface area contributed by atoms with Gasteiger partial charge in [-0.05, 0) is 11.4 Å². The highest BCUT2D eigenvalue weighted by molar-refractivity contribution is 7.12.